The zero-order valence-electron chi connectivity index (χ0n) is 6.65. The molecule has 1 nitrogen and oxygen atoms in total. The number of hydrogen-bond acceptors (Lipinski definition) is 0. The van der Waals surface area contributed by atoms with Crippen LogP contribution in [-0.2, 0) is 0 Å². The molecule has 0 N–H and O–H groups in total. The van der Waals surface area contributed by atoms with Gasteiger partial charge in [-0.05, 0) is 13.0 Å². The van der Waals surface area contributed by atoms with Crippen LogP contribution >= 0.6 is 0 Å². The highest BCUT2D eigenvalue weighted by Gasteiger charge is 2.16. The van der Waals surface area contributed by atoms with E-state index in [0.29, 0.717) is 0 Å². The Morgan fingerprint density at radius 2 is 2.11 bits per heavy atom. The van der Waals surface area contributed by atoms with Crippen molar-refractivity contribution in [1.29, 1.82) is 0 Å². The molecule has 1 aliphatic heterocycles. The molecule has 0 unspecified atom stereocenters. The monoisotopic (exact) mass is 126 g/mol. The number of quaternary nitrogens is 1. The van der Waals surface area contributed by atoms with Crippen molar-refractivity contribution in [3.8, 4) is 0 Å². The zero-order valence-corrected chi connectivity index (χ0v) is 6.65. The predicted molar refractivity (Wildman–Crippen MR) is 40.2 cm³/mol. The highest BCUT2D eigenvalue weighted by Crippen LogP contribution is 2.12. The lowest BCUT2D eigenvalue weighted by atomic mass is 10.1. The van der Waals surface area contributed by atoms with Gasteiger partial charge in [0.05, 0.1) is 27.2 Å². The van der Waals surface area contributed by atoms with Crippen molar-refractivity contribution < 1.29 is 4.48 Å². The Morgan fingerprint density at radius 1 is 1.44 bits per heavy atom. The van der Waals surface area contributed by atoms with Crippen LogP contribution in [0.25, 0.3) is 0 Å². The van der Waals surface area contributed by atoms with Gasteiger partial charge in [0.15, 0.2) is 0 Å². The molecule has 0 bridgehead atoms. The van der Waals surface area contributed by atoms with Crippen molar-refractivity contribution in [3.63, 3.8) is 0 Å². The van der Waals surface area contributed by atoms with Crippen molar-refractivity contribution >= 4 is 0 Å². The molecule has 1 aliphatic rings. The molecular weight excluding hydrogens is 110 g/mol. The smallest absolute Gasteiger partial charge is 0.0972 e. The minimum Gasteiger partial charge on any atom is -0.325 e. The summed E-state index contributed by atoms with van der Waals surface area (Å²) < 4.78 is 1.16. The Kier molecular flexibility index (Phi) is 1.62. The van der Waals surface area contributed by atoms with E-state index in [0.717, 1.165) is 4.48 Å². The molecule has 0 fully saturated rings. The van der Waals surface area contributed by atoms with Gasteiger partial charge in [-0.25, -0.2) is 0 Å². The minimum atomic E-state index is 1.16. The number of rotatable bonds is 0. The summed E-state index contributed by atoms with van der Waals surface area (Å²) >= 11 is 0. The standard InChI is InChI=1S/C8H16N/c1-8-4-6-9(2,3)7-5-8/h4H,5-7H2,1-3H3/q+1. The second-order valence-corrected chi connectivity index (χ2v) is 3.64. The molecule has 0 aromatic rings. The summed E-state index contributed by atoms with van der Waals surface area (Å²) in [6.07, 6.45) is 3.64. The van der Waals surface area contributed by atoms with E-state index in [1.807, 2.05) is 0 Å². The lowest BCUT2D eigenvalue weighted by Crippen LogP contribution is -2.42. The van der Waals surface area contributed by atoms with E-state index in [1.165, 1.54) is 19.5 Å². The Balaban J connectivity index is 2.56. The summed E-state index contributed by atoms with van der Waals surface area (Å²) in [6.45, 7) is 4.74. The van der Waals surface area contributed by atoms with Crippen LogP contribution in [0, 0.1) is 0 Å². The van der Waals surface area contributed by atoms with Gasteiger partial charge in [0.1, 0.15) is 0 Å². The summed E-state index contributed by atoms with van der Waals surface area (Å²) in [7, 11) is 4.56. The molecule has 0 saturated carbocycles. The van der Waals surface area contributed by atoms with Gasteiger partial charge in [-0.1, -0.05) is 5.57 Å². The summed E-state index contributed by atoms with van der Waals surface area (Å²) in [5, 5.41) is 0. The Labute approximate surface area is 57.6 Å². The molecule has 0 saturated heterocycles. The second-order valence-electron chi connectivity index (χ2n) is 3.64. The summed E-state index contributed by atoms with van der Waals surface area (Å²) in [4.78, 5) is 0. The maximum Gasteiger partial charge on any atom is 0.0972 e. The first-order valence-electron chi connectivity index (χ1n) is 3.58. The molecule has 1 heterocycles. The number of nitrogens with zero attached hydrogens (tertiary/aromatic N) is 1. The van der Waals surface area contributed by atoms with Gasteiger partial charge in [0.25, 0.3) is 0 Å². The van der Waals surface area contributed by atoms with E-state index in [1.54, 1.807) is 5.57 Å². The largest absolute Gasteiger partial charge is 0.325 e. The molecule has 9 heavy (non-hydrogen) atoms. The summed E-state index contributed by atoms with van der Waals surface area (Å²) in [5.41, 5.74) is 1.56. The van der Waals surface area contributed by atoms with Crippen LogP contribution in [0.2, 0.25) is 0 Å². The average molecular weight is 126 g/mol. The van der Waals surface area contributed by atoms with Gasteiger partial charge in [0, 0.05) is 6.42 Å². The molecule has 0 amide bonds. The third-order valence-corrected chi connectivity index (χ3v) is 2.05. The third kappa shape index (κ3) is 1.83. The summed E-state index contributed by atoms with van der Waals surface area (Å²) in [5.74, 6) is 0. The van der Waals surface area contributed by atoms with Gasteiger partial charge >= 0.3 is 0 Å². The topological polar surface area (TPSA) is 0 Å². The molecule has 1 heteroatoms. The van der Waals surface area contributed by atoms with E-state index >= 15 is 0 Å². The molecule has 1 rings (SSSR count). The number of hydrogen-bond donors (Lipinski definition) is 0. The maximum absolute atomic E-state index is 2.35. The first-order chi connectivity index (χ1) is 4.10. The molecule has 0 radical (unpaired) electrons. The van der Waals surface area contributed by atoms with Crippen LogP contribution in [0.3, 0.4) is 0 Å². The zero-order chi connectivity index (χ0) is 6.91. The average Bonchev–Trinajstić information content (AvgIpc) is 1.78. The summed E-state index contributed by atoms with van der Waals surface area (Å²) in [6, 6.07) is 0. The van der Waals surface area contributed by atoms with Crippen molar-refractivity contribution in [3.05, 3.63) is 11.6 Å². The van der Waals surface area contributed by atoms with Gasteiger partial charge in [-0.15, -0.1) is 0 Å². The van der Waals surface area contributed by atoms with Crippen LogP contribution in [0.5, 0.6) is 0 Å². The van der Waals surface area contributed by atoms with Gasteiger partial charge < -0.3 is 4.48 Å². The fraction of sp³-hybridized carbons (Fsp3) is 0.750. The van der Waals surface area contributed by atoms with Crippen molar-refractivity contribution in [2.75, 3.05) is 27.2 Å². The molecular formula is C8H16N+. The molecule has 0 atom stereocenters. The molecule has 52 valence electrons. The molecule has 0 aliphatic carbocycles. The van der Waals surface area contributed by atoms with Crippen LogP contribution in [0.1, 0.15) is 13.3 Å². The Morgan fingerprint density at radius 3 is 2.44 bits per heavy atom. The van der Waals surface area contributed by atoms with Crippen LogP contribution in [0.15, 0.2) is 11.6 Å². The van der Waals surface area contributed by atoms with Crippen LogP contribution in [-0.4, -0.2) is 31.7 Å². The van der Waals surface area contributed by atoms with Crippen molar-refractivity contribution in [2.24, 2.45) is 0 Å². The molecule has 0 spiro atoms. The fourth-order valence-electron chi connectivity index (χ4n) is 1.08. The lowest BCUT2D eigenvalue weighted by Gasteiger charge is -2.31. The Bertz CT molecular complexity index is 134. The van der Waals surface area contributed by atoms with Crippen LogP contribution in [0.4, 0.5) is 0 Å². The SMILES string of the molecule is CC1=CC[N+](C)(C)CC1. The van der Waals surface area contributed by atoms with Crippen molar-refractivity contribution in [1.82, 2.24) is 0 Å². The molecule has 0 aromatic carbocycles. The van der Waals surface area contributed by atoms with Gasteiger partial charge in [-0.3, -0.25) is 0 Å². The second kappa shape index (κ2) is 2.14. The maximum atomic E-state index is 2.35. The molecule has 0 aromatic heterocycles. The third-order valence-electron chi connectivity index (χ3n) is 2.05. The highest BCUT2D eigenvalue weighted by molar-refractivity contribution is 5.00. The first-order valence-corrected chi connectivity index (χ1v) is 3.58. The lowest BCUT2D eigenvalue weighted by molar-refractivity contribution is -0.885. The minimum absolute atomic E-state index is 1.16. The van der Waals surface area contributed by atoms with E-state index in [-0.39, 0.29) is 0 Å². The van der Waals surface area contributed by atoms with E-state index in [4.69, 9.17) is 0 Å². The normalized spacial score (nSPS) is 25.4. The van der Waals surface area contributed by atoms with Crippen molar-refractivity contribution in [2.45, 2.75) is 13.3 Å². The van der Waals surface area contributed by atoms with Gasteiger partial charge in [0.2, 0.25) is 0 Å². The van der Waals surface area contributed by atoms with Crippen LogP contribution < -0.4 is 0 Å². The number of likely N-dealkylation sites (N-methyl/N-ethyl adjacent to an activating group) is 1. The highest BCUT2D eigenvalue weighted by atomic mass is 15.3. The Hall–Kier alpha value is -0.300. The quantitative estimate of drug-likeness (QED) is 0.340. The van der Waals surface area contributed by atoms with Gasteiger partial charge in [-0.2, -0.15) is 0 Å². The predicted octanol–water partition coefficient (Wildman–Crippen LogP) is 1.41. The fourth-order valence-corrected chi connectivity index (χ4v) is 1.08. The first kappa shape index (κ1) is 6.81. The van der Waals surface area contributed by atoms with E-state index in [9.17, 15) is 0 Å². The van der Waals surface area contributed by atoms with E-state index in [2.05, 4.69) is 27.1 Å². The van der Waals surface area contributed by atoms with E-state index < -0.39 is 0 Å².